The third-order valence-corrected chi connectivity index (χ3v) is 0. The smallest absolute Gasteiger partial charge is 0.550 e. The van der Waals surface area contributed by atoms with Crippen molar-refractivity contribution in [2.45, 2.75) is 62.3 Å². The van der Waals surface area contributed by atoms with Crippen LogP contribution in [0.25, 0.3) is 0 Å². The van der Waals surface area contributed by atoms with Gasteiger partial charge in [-0.2, -0.15) is 0 Å². The van der Waals surface area contributed by atoms with Crippen LogP contribution in [0.15, 0.2) is 0 Å². The summed E-state index contributed by atoms with van der Waals surface area (Å²) in [4.78, 5) is 80.0. The topological polar surface area (TPSA) is 361 Å². The molecule has 0 radical (unpaired) electrons. The third kappa shape index (κ3) is 12300. The summed E-state index contributed by atoms with van der Waals surface area (Å²) in [5.74, 6) is -9.75. The minimum absolute atomic E-state index is 0. The van der Waals surface area contributed by atoms with Crippen molar-refractivity contribution in [1.29, 1.82) is 0 Å². The van der Waals surface area contributed by atoms with Crippen LogP contribution in [-0.4, -0.2) is 123 Å². The number of carbonyl (C=O) groups is 9. The summed E-state index contributed by atoms with van der Waals surface area (Å²) >= 11 is 0. The van der Waals surface area contributed by atoms with Gasteiger partial charge in [-0.05, 0) is 62.3 Å². The van der Waals surface area contributed by atoms with E-state index in [0.29, 0.717) is 0 Å². The molecular formula is C18H27K3Mg3O18. The van der Waals surface area contributed by atoms with Crippen molar-refractivity contribution in [1.82, 2.24) is 0 Å². The number of carboxylic acid groups (broad SMARTS) is 9. The molecule has 0 saturated carbocycles. The van der Waals surface area contributed by atoms with E-state index in [9.17, 15) is 0 Å². The molecule has 0 N–H and O–H groups in total. The van der Waals surface area contributed by atoms with Crippen LogP contribution in [0, 0.1) is 0 Å². The molecule has 216 valence electrons. The Morgan fingerprint density at radius 3 is 0.238 bits per heavy atom. The van der Waals surface area contributed by atoms with Crippen molar-refractivity contribution >= 4 is 123 Å². The molecule has 0 aliphatic rings. The van der Waals surface area contributed by atoms with Crippen molar-refractivity contribution in [3.63, 3.8) is 0 Å². The molecule has 42 heavy (non-hydrogen) atoms. The molecule has 0 aromatic rings. The first-order valence-electron chi connectivity index (χ1n) is 8.17. The van der Waals surface area contributed by atoms with E-state index in [1.54, 1.807) is 0 Å². The zero-order valence-electron chi connectivity index (χ0n) is 26.0. The molecule has 0 rings (SSSR count). The van der Waals surface area contributed by atoms with E-state index < -0.39 is 53.7 Å². The normalized spacial score (nSPS) is 5.36. The quantitative estimate of drug-likeness (QED) is 0.209. The summed E-state index contributed by atoms with van der Waals surface area (Å²) < 4.78 is 0. The average Bonchev–Trinajstić information content (AvgIpc) is 2.39. The van der Waals surface area contributed by atoms with Crippen LogP contribution in [-0.2, 0) is 43.2 Å². The minimum atomic E-state index is -1.08. The Bertz CT molecular complexity index is 445. The molecule has 0 amide bonds. The van der Waals surface area contributed by atoms with Gasteiger partial charge in [0.1, 0.15) is 0 Å². The van der Waals surface area contributed by atoms with Gasteiger partial charge >= 0.3 is 223 Å². The van der Waals surface area contributed by atoms with E-state index in [1.165, 1.54) is 0 Å². The largest absolute Gasteiger partial charge is 2.00 e. The fourth-order valence-electron chi connectivity index (χ4n) is 0. The monoisotopic (exact) mass is 720 g/mol. The van der Waals surface area contributed by atoms with Gasteiger partial charge < -0.3 is 89.1 Å². The standard InChI is InChI=1S/9C2H4O2.3K.3Mg/c9*1-2(3)4;;;;;;/h9*1H3,(H,3,4);;;;;;/q;;;;;;;;;3*+1;3*+2/p-9. The van der Waals surface area contributed by atoms with Crippen molar-refractivity contribution < 1.29 is 243 Å². The SMILES string of the molecule is CC(=O)[O-].CC(=O)[O-].CC(=O)[O-].CC(=O)[O-].CC(=O)[O-].CC(=O)[O-].CC(=O)[O-].CC(=O)[O-].CC(=O)[O-].[K+].[K+].[K+].[Mg+2].[Mg+2].[Mg+2]. The fraction of sp³-hybridized carbons (Fsp3) is 0.500. The fourth-order valence-corrected chi connectivity index (χ4v) is 0. The predicted octanol–water partition coefficient (Wildman–Crippen LogP) is -21.3. The second-order valence-electron chi connectivity index (χ2n) is 4.42. The average molecular weight is 722 g/mol. The summed E-state index contributed by atoms with van der Waals surface area (Å²) in [7, 11) is 0. The van der Waals surface area contributed by atoms with Crippen LogP contribution in [0.4, 0.5) is 0 Å². The van der Waals surface area contributed by atoms with E-state index in [-0.39, 0.29) is 223 Å². The molecule has 24 heteroatoms. The van der Waals surface area contributed by atoms with Crippen LogP contribution in [0.3, 0.4) is 0 Å². The number of carboxylic acids is 9. The molecule has 0 unspecified atom stereocenters. The number of aliphatic carboxylic acids is 9. The van der Waals surface area contributed by atoms with E-state index >= 15 is 0 Å². The van der Waals surface area contributed by atoms with Crippen LogP contribution in [0.1, 0.15) is 62.3 Å². The van der Waals surface area contributed by atoms with Crippen molar-refractivity contribution in [2.24, 2.45) is 0 Å². The molecular weight excluding hydrogens is 694 g/mol. The van der Waals surface area contributed by atoms with E-state index in [0.717, 1.165) is 62.3 Å². The van der Waals surface area contributed by atoms with Gasteiger partial charge in [-0.3, -0.25) is 0 Å². The molecule has 0 fully saturated rings. The van der Waals surface area contributed by atoms with Gasteiger partial charge in [0.25, 0.3) is 0 Å². The Kier molecular flexibility index (Phi) is 208. The van der Waals surface area contributed by atoms with Gasteiger partial charge in [0.15, 0.2) is 0 Å². The predicted molar refractivity (Wildman–Crippen MR) is 113 cm³/mol. The minimum Gasteiger partial charge on any atom is -0.550 e. The maximum absolute atomic E-state index is 8.89. The first-order chi connectivity index (χ1) is 15.6. The molecule has 0 aromatic carbocycles. The van der Waals surface area contributed by atoms with Gasteiger partial charge in [0.05, 0.1) is 0 Å². The molecule has 0 aliphatic carbocycles. The first kappa shape index (κ1) is 96.8. The van der Waals surface area contributed by atoms with Crippen molar-refractivity contribution in [2.75, 3.05) is 0 Å². The molecule has 0 atom stereocenters. The Hall–Kier alpha value is 2.44. The molecule has 18 nitrogen and oxygen atoms in total. The van der Waals surface area contributed by atoms with Gasteiger partial charge in [-0.15, -0.1) is 0 Å². The van der Waals surface area contributed by atoms with Crippen molar-refractivity contribution in [3.05, 3.63) is 0 Å². The molecule has 0 heterocycles. The Morgan fingerprint density at radius 1 is 0.238 bits per heavy atom. The Morgan fingerprint density at radius 2 is 0.238 bits per heavy atom. The van der Waals surface area contributed by atoms with Crippen LogP contribution in [0.5, 0.6) is 0 Å². The summed E-state index contributed by atoms with van der Waals surface area (Å²) in [5, 5.41) is 80.0. The van der Waals surface area contributed by atoms with Crippen LogP contribution >= 0.6 is 0 Å². The zero-order chi connectivity index (χ0) is 32.2. The number of rotatable bonds is 0. The van der Waals surface area contributed by atoms with Crippen molar-refractivity contribution in [3.8, 4) is 0 Å². The Labute approximate surface area is 419 Å². The van der Waals surface area contributed by atoms with Crippen LogP contribution < -0.4 is 200 Å². The second-order valence-corrected chi connectivity index (χ2v) is 4.42. The second kappa shape index (κ2) is 90.3. The number of hydrogen-bond acceptors (Lipinski definition) is 18. The summed E-state index contributed by atoms with van der Waals surface area (Å²) in [5.41, 5.74) is 0. The maximum atomic E-state index is 8.89. The van der Waals surface area contributed by atoms with E-state index in [1.807, 2.05) is 0 Å². The molecule has 0 aromatic heterocycles. The molecule has 0 aliphatic heterocycles. The summed E-state index contributed by atoms with van der Waals surface area (Å²) in [6.07, 6.45) is 0. The summed E-state index contributed by atoms with van der Waals surface area (Å²) in [6.45, 7) is 8.75. The van der Waals surface area contributed by atoms with Gasteiger partial charge in [-0.25, -0.2) is 0 Å². The number of hydrogen-bond donors (Lipinski definition) is 0. The van der Waals surface area contributed by atoms with Crippen LogP contribution in [0.2, 0.25) is 0 Å². The van der Waals surface area contributed by atoms with Gasteiger partial charge in [0.2, 0.25) is 0 Å². The summed E-state index contributed by atoms with van der Waals surface area (Å²) in [6, 6.07) is 0. The maximum Gasteiger partial charge on any atom is 2.00 e. The Balaban J connectivity index is -0.0000000148. The third-order valence-electron chi connectivity index (χ3n) is 0. The molecule has 0 bridgehead atoms. The first-order valence-corrected chi connectivity index (χ1v) is 8.17. The number of carbonyl (C=O) groups excluding carboxylic acids is 9. The van der Waals surface area contributed by atoms with E-state index in [4.69, 9.17) is 89.1 Å². The molecule has 0 saturated heterocycles. The zero-order valence-corrected chi connectivity index (χ0v) is 39.6. The van der Waals surface area contributed by atoms with Gasteiger partial charge in [0, 0.05) is 53.7 Å². The molecule has 0 spiro atoms. The van der Waals surface area contributed by atoms with E-state index in [2.05, 4.69) is 0 Å². The van der Waals surface area contributed by atoms with Gasteiger partial charge in [-0.1, -0.05) is 0 Å².